The van der Waals surface area contributed by atoms with Crippen LogP contribution in [-0.4, -0.2) is 36.9 Å². The number of methoxy groups -OCH3 is 1. The lowest BCUT2D eigenvalue weighted by atomic mass is 10.1. The van der Waals surface area contributed by atoms with Crippen LogP contribution < -0.4 is 10.6 Å². The number of aryl methyl sites for hydroxylation is 2. The van der Waals surface area contributed by atoms with Gasteiger partial charge in [-0.3, -0.25) is 4.79 Å². The molecule has 1 aliphatic heterocycles. The number of nitrogens with zero attached hydrogens (tertiary/aromatic N) is 1. The molecule has 6 nitrogen and oxygen atoms in total. The van der Waals surface area contributed by atoms with Crippen molar-refractivity contribution in [3.8, 4) is 0 Å². The number of carbonyl (C=O) groups excluding carboxylic acids is 1. The first kappa shape index (κ1) is 14.0. The highest BCUT2D eigenvalue weighted by Gasteiger charge is 2.30. The van der Waals surface area contributed by atoms with Crippen LogP contribution in [-0.2, 0) is 9.53 Å². The Morgan fingerprint density at radius 3 is 2.84 bits per heavy atom. The van der Waals surface area contributed by atoms with Crippen molar-refractivity contribution in [3.63, 3.8) is 0 Å². The van der Waals surface area contributed by atoms with Crippen molar-refractivity contribution in [1.82, 2.24) is 15.8 Å². The SMILES string of the molecule is COC1CNC(C(=O)NC(C)c2c(C)noc2C)C1. The van der Waals surface area contributed by atoms with Crippen LogP contribution in [0.1, 0.15) is 36.4 Å². The van der Waals surface area contributed by atoms with Crippen LogP contribution >= 0.6 is 0 Å². The number of nitrogens with one attached hydrogen (secondary N) is 2. The predicted molar refractivity (Wildman–Crippen MR) is 69.7 cm³/mol. The second-order valence-electron chi connectivity index (χ2n) is 5.02. The first-order valence-electron chi connectivity index (χ1n) is 6.52. The lowest BCUT2D eigenvalue weighted by Gasteiger charge is -2.17. The lowest BCUT2D eigenvalue weighted by molar-refractivity contribution is -0.123. The van der Waals surface area contributed by atoms with Crippen LogP contribution in [0.2, 0.25) is 0 Å². The smallest absolute Gasteiger partial charge is 0.237 e. The summed E-state index contributed by atoms with van der Waals surface area (Å²) in [5.74, 6) is 0.742. The van der Waals surface area contributed by atoms with Crippen molar-refractivity contribution in [2.24, 2.45) is 0 Å². The molecule has 3 unspecified atom stereocenters. The van der Waals surface area contributed by atoms with E-state index in [2.05, 4.69) is 15.8 Å². The molecule has 6 heteroatoms. The molecule has 0 aromatic carbocycles. The van der Waals surface area contributed by atoms with E-state index in [1.807, 2.05) is 20.8 Å². The molecule has 0 saturated carbocycles. The summed E-state index contributed by atoms with van der Waals surface area (Å²) in [4.78, 5) is 12.2. The van der Waals surface area contributed by atoms with Crippen molar-refractivity contribution in [3.05, 3.63) is 17.0 Å². The first-order valence-corrected chi connectivity index (χ1v) is 6.52. The number of carbonyl (C=O) groups is 1. The summed E-state index contributed by atoms with van der Waals surface area (Å²) in [5.41, 5.74) is 1.77. The van der Waals surface area contributed by atoms with Gasteiger partial charge in [-0.2, -0.15) is 0 Å². The van der Waals surface area contributed by atoms with Gasteiger partial charge in [0.15, 0.2) is 0 Å². The van der Waals surface area contributed by atoms with Gasteiger partial charge in [-0.1, -0.05) is 5.16 Å². The van der Waals surface area contributed by atoms with Crippen molar-refractivity contribution >= 4 is 5.91 Å². The highest BCUT2D eigenvalue weighted by atomic mass is 16.5. The number of rotatable bonds is 4. The molecule has 0 bridgehead atoms. The maximum atomic E-state index is 12.2. The van der Waals surface area contributed by atoms with Gasteiger partial charge >= 0.3 is 0 Å². The largest absolute Gasteiger partial charge is 0.380 e. The zero-order valence-electron chi connectivity index (χ0n) is 11.8. The van der Waals surface area contributed by atoms with Crippen LogP contribution in [0.15, 0.2) is 4.52 Å². The normalized spacial score (nSPS) is 24.4. The van der Waals surface area contributed by atoms with E-state index in [1.54, 1.807) is 7.11 Å². The Balaban J connectivity index is 1.96. The monoisotopic (exact) mass is 267 g/mol. The molecule has 1 amide bonds. The van der Waals surface area contributed by atoms with Gasteiger partial charge < -0.3 is 19.9 Å². The summed E-state index contributed by atoms with van der Waals surface area (Å²) < 4.78 is 10.4. The molecule has 0 radical (unpaired) electrons. The van der Waals surface area contributed by atoms with E-state index >= 15 is 0 Å². The van der Waals surface area contributed by atoms with E-state index in [9.17, 15) is 4.79 Å². The molecule has 0 spiro atoms. The number of hydrogen-bond acceptors (Lipinski definition) is 5. The Morgan fingerprint density at radius 2 is 2.32 bits per heavy atom. The molecule has 106 valence electrons. The van der Waals surface area contributed by atoms with Gasteiger partial charge in [-0.15, -0.1) is 0 Å². The third kappa shape index (κ3) is 2.96. The number of ether oxygens (including phenoxy) is 1. The van der Waals surface area contributed by atoms with E-state index in [-0.39, 0.29) is 24.1 Å². The van der Waals surface area contributed by atoms with Crippen molar-refractivity contribution in [2.45, 2.75) is 45.4 Å². The second-order valence-corrected chi connectivity index (χ2v) is 5.02. The van der Waals surface area contributed by atoms with Gasteiger partial charge in [0.1, 0.15) is 5.76 Å². The van der Waals surface area contributed by atoms with E-state index in [1.165, 1.54) is 0 Å². The van der Waals surface area contributed by atoms with Crippen LogP contribution in [0.4, 0.5) is 0 Å². The molecule has 0 aliphatic carbocycles. The molecule has 2 heterocycles. The zero-order chi connectivity index (χ0) is 14.0. The summed E-state index contributed by atoms with van der Waals surface area (Å²) in [7, 11) is 1.67. The molecule has 1 aromatic rings. The predicted octanol–water partition coefficient (Wildman–Crippen LogP) is 0.846. The van der Waals surface area contributed by atoms with Gasteiger partial charge in [0, 0.05) is 19.2 Å². The fraction of sp³-hybridized carbons (Fsp3) is 0.692. The Bertz CT molecular complexity index is 438. The maximum absolute atomic E-state index is 12.2. The Kier molecular flexibility index (Phi) is 4.21. The van der Waals surface area contributed by atoms with Gasteiger partial charge in [0.05, 0.1) is 23.9 Å². The van der Waals surface area contributed by atoms with Crippen molar-refractivity contribution in [2.75, 3.05) is 13.7 Å². The molecule has 1 aromatic heterocycles. The second kappa shape index (κ2) is 5.71. The van der Waals surface area contributed by atoms with Crippen molar-refractivity contribution in [1.29, 1.82) is 0 Å². The van der Waals surface area contributed by atoms with Crippen LogP contribution in [0.5, 0.6) is 0 Å². The Labute approximate surface area is 112 Å². The molecular weight excluding hydrogens is 246 g/mol. The minimum Gasteiger partial charge on any atom is -0.380 e. The standard InChI is InChI=1S/C13H21N3O3/c1-7(12-8(2)16-19-9(12)3)15-13(17)11-5-10(18-4)6-14-11/h7,10-11,14H,5-6H2,1-4H3,(H,15,17). The summed E-state index contributed by atoms with van der Waals surface area (Å²) in [6.07, 6.45) is 0.821. The quantitative estimate of drug-likeness (QED) is 0.845. The van der Waals surface area contributed by atoms with Crippen LogP contribution in [0, 0.1) is 13.8 Å². The van der Waals surface area contributed by atoms with Gasteiger partial charge in [-0.05, 0) is 27.2 Å². The van der Waals surface area contributed by atoms with Crippen LogP contribution in [0.25, 0.3) is 0 Å². The molecule has 1 fully saturated rings. The fourth-order valence-electron chi connectivity index (χ4n) is 2.58. The van der Waals surface area contributed by atoms with Gasteiger partial charge in [0.25, 0.3) is 0 Å². The van der Waals surface area contributed by atoms with Crippen LogP contribution in [0.3, 0.4) is 0 Å². The summed E-state index contributed by atoms with van der Waals surface area (Å²) in [6.45, 7) is 6.39. The zero-order valence-corrected chi connectivity index (χ0v) is 11.8. The topological polar surface area (TPSA) is 76.4 Å². The highest BCUT2D eigenvalue weighted by Crippen LogP contribution is 2.21. The average molecular weight is 267 g/mol. The summed E-state index contributed by atoms with van der Waals surface area (Å²) >= 11 is 0. The van der Waals surface area contributed by atoms with E-state index < -0.39 is 0 Å². The Morgan fingerprint density at radius 1 is 1.58 bits per heavy atom. The molecule has 2 N–H and O–H groups in total. The maximum Gasteiger partial charge on any atom is 0.237 e. The highest BCUT2D eigenvalue weighted by molar-refractivity contribution is 5.82. The van der Waals surface area contributed by atoms with E-state index in [0.29, 0.717) is 13.0 Å². The fourth-order valence-corrected chi connectivity index (χ4v) is 2.58. The minimum atomic E-state index is -0.187. The molecular formula is C13H21N3O3. The number of hydrogen-bond donors (Lipinski definition) is 2. The lowest BCUT2D eigenvalue weighted by Crippen LogP contribution is -2.41. The molecule has 2 rings (SSSR count). The average Bonchev–Trinajstić information content (AvgIpc) is 2.96. The minimum absolute atomic E-state index is 0.00736. The molecule has 1 saturated heterocycles. The van der Waals surface area contributed by atoms with Gasteiger partial charge in [-0.25, -0.2) is 0 Å². The van der Waals surface area contributed by atoms with E-state index in [0.717, 1.165) is 17.0 Å². The summed E-state index contributed by atoms with van der Waals surface area (Å²) in [6, 6.07) is -0.296. The number of aromatic nitrogens is 1. The van der Waals surface area contributed by atoms with Crippen molar-refractivity contribution < 1.29 is 14.1 Å². The third-order valence-corrected chi connectivity index (χ3v) is 3.62. The molecule has 19 heavy (non-hydrogen) atoms. The Hall–Kier alpha value is -1.40. The van der Waals surface area contributed by atoms with Gasteiger partial charge in [0.2, 0.25) is 5.91 Å². The first-order chi connectivity index (χ1) is 9.02. The summed E-state index contributed by atoms with van der Waals surface area (Å²) in [5, 5.41) is 10.1. The van der Waals surface area contributed by atoms with E-state index in [4.69, 9.17) is 9.26 Å². The number of amides is 1. The molecule has 1 aliphatic rings. The molecule has 3 atom stereocenters. The third-order valence-electron chi connectivity index (χ3n) is 3.62.